The summed E-state index contributed by atoms with van der Waals surface area (Å²) < 4.78 is 59.9. The molecule has 2 aromatic carbocycles. The molecule has 174 valence electrons. The Kier molecular flexibility index (Phi) is 6.42. The smallest absolute Gasteiger partial charge is 0.259 e. The molecule has 0 radical (unpaired) electrons. The minimum Gasteiger partial charge on any atom is -0.479 e. The molecule has 33 heavy (non-hydrogen) atoms. The van der Waals surface area contributed by atoms with Gasteiger partial charge in [-0.1, -0.05) is 17.7 Å². The molecule has 0 spiro atoms. The predicted molar refractivity (Wildman–Crippen MR) is 116 cm³/mol. The Balaban J connectivity index is 1.64. The second-order valence-corrected chi connectivity index (χ2v) is 9.97. The lowest BCUT2D eigenvalue weighted by atomic mass is 10.1. The van der Waals surface area contributed by atoms with E-state index in [1.54, 1.807) is 0 Å². The van der Waals surface area contributed by atoms with Crippen LogP contribution in [0.1, 0.15) is 10.4 Å². The number of allylic oxidation sites excluding steroid dienone is 2. The number of carbonyl (C=O) groups excluding carboxylic acids is 1. The summed E-state index contributed by atoms with van der Waals surface area (Å²) in [7, 11) is -4.07. The van der Waals surface area contributed by atoms with Gasteiger partial charge in [-0.15, -0.1) is 0 Å². The molecule has 2 N–H and O–H groups in total. The fraction of sp³-hybridized carbons (Fsp3) is 0.227. The molecule has 2 aromatic rings. The summed E-state index contributed by atoms with van der Waals surface area (Å²) in [6.07, 6.45) is 2.99. The second kappa shape index (κ2) is 9.12. The van der Waals surface area contributed by atoms with E-state index >= 15 is 0 Å². The third-order valence-electron chi connectivity index (χ3n) is 5.37. The molecule has 0 aliphatic carbocycles. The molecule has 0 saturated carbocycles. The van der Waals surface area contributed by atoms with Crippen molar-refractivity contribution >= 4 is 27.3 Å². The van der Waals surface area contributed by atoms with E-state index in [1.165, 1.54) is 29.2 Å². The van der Waals surface area contributed by atoms with E-state index in [0.717, 1.165) is 30.3 Å². The molecule has 1 fully saturated rings. The summed E-state index contributed by atoms with van der Waals surface area (Å²) in [5.74, 6) is -2.76. The molecule has 1 amide bonds. The third-order valence-corrected chi connectivity index (χ3v) is 7.88. The van der Waals surface area contributed by atoms with Gasteiger partial charge in [0.05, 0.1) is 41.2 Å². The summed E-state index contributed by atoms with van der Waals surface area (Å²) in [5, 5.41) is 11.1. The standard InChI is InChI=1S/C22H19ClF2N2O5S/c23-17-2-1-3-18(25)20(17)21(29)26-15-6-9-19-27(10-15)22(13(11-28)12-32-19)33(30,31)16-7-4-14(24)5-8-16/h1-9,13,22,28H,10-12H2,(H,26,29). The number of aliphatic hydroxyl groups excluding tert-OH is 1. The average Bonchev–Trinajstić information content (AvgIpc) is 2.78. The molecule has 0 bridgehead atoms. The fourth-order valence-electron chi connectivity index (χ4n) is 3.79. The van der Waals surface area contributed by atoms with Gasteiger partial charge in [0.25, 0.3) is 5.91 Å². The fourth-order valence-corrected chi connectivity index (χ4v) is 6.02. The number of nitrogens with zero attached hydrogens (tertiary/aromatic N) is 1. The lowest BCUT2D eigenvalue weighted by Crippen LogP contribution is -2.54. The molecule has 11 heteroatoms. The van der Waals surface area contributed by atoms with E-state index in [9.17, 15) is 27.1 Å². The Morgan fingerprint density at radius 2 is 1.91 bits per heavy atom. The monoisotopic (exact) mass is 496 g/mol. The first kappa shape index (κ1) is 23.2. The molecular formula is C22H19ClF2N2O5S. The van der Waals surface area contributed by atoms with Crippen LogP contribution in [-0.4, -0.2) is 49.5 Å². The quantitative estimate of drug-likeness (QED) is 0.618. The maximum Gasteiger partial charge on any atom is 0.259 e. The minimum absolute atomic E-state index is 0.0513. The van der Waals surface area contributed by atoms with Gasteiger partial charge in [-0.2, -0.15) is 0 Å². The SMILES string of the molecule is O=C(NC1=CC=C2OCC(CO)C(S(=O)(=O)c3ccc(F)cc3)N2C1)c1c(F)cccc1Cl. The third kappa shape index (κ3) is 4.46. The number of benzene rings is 2. The highest BCUT2D eigenvalue weighted by Crippen LogP contribution is 2.34. The van der Waals surface area contributed by atoms with E-state index in [4.69, 9.17) is 16.3 Å². The molecule has 2 aliphatic rings. The number of hydrogen-bond donors (Lipinski definition) is 2. The minimum atomic E-state index is -4.07. The van der Waals surface area contributed by atoms with Crippen LogP contribution in [0.15, 0.2) is 71.1 Å². The van der Waals surface area contributed by atoms with Crippen molar-refractivity contribution in [1.29, 1.82) is 0 Å². The van der Waals surface area contributed by atoms with Gasteiger partial charge < -0.3 is 20.1 Å². The van der Waals surface area contributed by atoms with Crippen LogP contribution in [0.3, 0.4) is 0 Å². The topological polar surface area (TPSA) is 95.9 Å². The summed E-state index contributed by atoms with van der Waals surface area (Å²) in [6, 6.07) is 8.23. The van der Waals surface area contributed by atoms with Gasteiger partial charge in [-0.05, 0) is 48.6 Å². The number of ether oxygens (including phenoxy) is 1. The zero-order valence-electron chi connectivity index (χ0n) is 17.0. The maximum absolute atomic E-state index is 14.1. The van der Waals surface area contributed by atoms with Gasteiger partial charge in [0, 0.05) is 5.70 Å². The molecule has 1 saturated heterocycles. The first-order valence-corrected chi connectivity index (χ1v) is 11.8. The van der Waals surface area contributed by atoms with E-state index in [2.05, 4.69) is 5.32 Å². The van der Waals surface area contributed by atoms with E-state index in [0.29, 0.717) is 0 Å². The lowest BCUT2D eigenvalue weighted by molar-refractivity contribution is -0.00950. The van der Waals surface area contributed by atoms with Crippen LogP contribution in [0.5, 0.6) is 0 Å². The maximum atomic E-state index is 14.1. The van der Waals surface area contributed by atoms with Crippen LogP contribution in [0.4, 0.5) is 8.78 Å². The zero-order valence-corrected chi connectivity index (χ0v) is 18.6. The number of halogens is 3. The zero-order chi connectivity index (χ0) is 23.8. The highest BCUT2D eigenvalue weighted by atomic mass is 35.5. The normalized spacial score (nSPS) is 20.3. The Morgan fingerprint density at radius 1 is 1.18 bits per heavy atom. The van der Waals surface area contributed by atoms with Crippen LogP contribution in [0.2, 0.25) is 5.02 Å². The Bertz CT molecular complexity index is 1230. The summed E-state index contributed by atoms with van der Waals surface area (Å²) in [4.78, 5) is 13.9. The Hall–Kier alpha value is -2.95. The van der Waals surface area contributed by atoms with Crippen LogP contribution in [0.25, 0.3) is 0 Å². The first-order valence-electron chi connectivity index (χ1n) is 9.88. The van der Waals surface area contributed by atoms with E-state index in [1.807, 2.05) is 0 Å². The highest BCUT2D eigenvalue weighted by Gasteiger charge is 2.45. The molecule has 2 heterocycles. The van der Waals surface area contributed by atoms with Crippen molar-refractivity contribution < 1.29 is 31.8 Å². The number of amides is 1. The van der Waals surface area contributed by atoms with Gasteiger partial charge in [-0.3, -0.25) is 4.79 Å². The number of sulfone groups is 1. The van der Waals surface area contributed by atoms with Gasteiger partial charge in [0.1, 0.15) is 17.0 Å². The van der Waals surface area contributed by atoms with Crippen LogP contribution >= 0.6 is 11.6 Å². The molecule has 0 aromatic heterocycles. The molecule has 7 nitrogen and oxygen atoms in total. The van der Waals surface area contributed by atoms with Gasteiger partial charge in [0.15, 0.2) is 15.7 Å². The Morgan fingerprint density at radius 3 is 2.58 bits per heavy atom. The van der Waals surface area contributed by atoms with Crippen molar-refractivity contribution in [2.24, 2.45) is 5.92 Å². The van der Waals surface area contributed by atoms with Gasteiger partial charge in [-0.25, -0.2) is 17.2 Å². The average molecular weight is 497 g/mol. The number of carbonyl (C=O) groups is 1. The number of nitrogens with one attached hydrogen (secondary N) is 1. The highest BCUT2D eigenvalue weighted by molar-refractivity contribution is 7.92. The number of aliphatic hydroxyl groups is 1. The Labute approximate surface area is 193 Å². The molecule has 2 atom stereocenters. The van der Waals surface area contributed by atoms with Crippen molar-refractivity contribution in [2.75, 3.05) is 19.8 Å². The summed E-state index contributed by atoms with van der Waals surface area (Å²) in [6.45, 7) is -0.638. The molecule has 2 aliphatic heterocycles. The summed E-state index contributed by atoms with van der Waals surface area (Å²) in [5.41, 5.74) is -0.0713. The van der Waals surface area contributed by atoms with Gasteiger partial charge in [0.2, 0.25) is 0 Å². The second-order valence-electron chi connectivity index (χ2n) is 7.52. The van der Waals surface area contributed by atoms with Crippen molar-refractivity contribution in [2.45, 2.75) is 10.3 Å². The number of hydrogen-bond acceptors (Lipinski definition) is 6. The number of rotatable bonds is 5. The van der Waals surface area contributed by atoms with Crippen LogP contribution in [0, 0.1) is 17.6 Å². The van der Waals surface area contributed by atoms with Crippen molar-refractivity contribution in [3.8, 4) is 0 Å². The van der Waals surface area contributed by atoms with E-state index in [-0.39, 0.29) is 40.2 Å². The summed E-state index contributed by atoms with van der Waals surface area (Å²) >= 11 is 5.96. The van der Waals surface area contributed by atoms with Crippen molar-refractivity contribution in [3.05, 3.63) is 88.4 Å². The van der Waals surface area contributed by atoms with Crippen molar-refractivity contribution in [1.82, 2.24) is 10.2 Å². The van der Waals surface area contributed by atoms with E-state index < -0.39 is 45.3 Å². The molecular weight excluding hydrogens is 478 g/mol. The first-order chi connectivity index (χ1) is 15.7. The van der Waals surface area contributed by atoms with Crippen LogP contribution in [-0.2, 0) is 14.6 Å². The van der Waals surface area contributed by atoms with Crippen molar-refractivity contribution in [3.63, 3.8) is 0 Å². The van der Waals surface area contributed by atoms with Crippen LogP contribution < -0.4 is 5.32 Å². The van der Waals surface area contributed by atoms with Gasteiger partial charge >= 0.3 is 0 Å². The lowest BCUT2D eigenvalue weighted by Gasteiger charge is -2.43. The largest absolute Gasteiger partial charge is 0.479 e. The predicted octanol–water partition coefficient (Wildman–Crippen LogP) is 2.83. The molecule has 2 unspecified atom stereocenters. The molecule has 4 rings (SSSR count). The number of fused-ring (bicyclic) bond motifs is 1.